The number of hydrogen-bond acceptors (Lipinski definition) is 5. The molecular weight excluding hydrogens is 297 g/mol. The standard InChI is InChI=1S/C14H21F3N4O/c1-20(2)11-8-10(14(15,16)17)18-12(19-11)21(3)9-13(22)6-4-5-7-13/h8,22H,4-7,9H2,1-3H3. The highest BCUT2D eigenvalue weighted by molar-refractivity contribution is 5.45. The number of nitrogens with zero attached hydrogens (tertiary/aromatic N) is 4. The van der Waals surface area contributed by atoms with E-state index in [2.05, 4.69) is 9.97 Å². The van der Waals surface area contributed by atoms with Gasteiger partial charge in [-0.25, -0.2) is 4.98 Å². The van der Waals surface area contributed by atoms with E-state index >= 15 is 0 Å². The van der Waals surface area contributed by atoms with Crippen molar-refractivity contribution in [2.45, 2.75) is 37.5 Å². The number of likely N-dealkylation sites (N-methyl/N-ethyl adjacent to an activating group) is 1. The summed E-state index contributed by atoms with van der Waals surface area (Å²) in [5.41, 5.74) is -1.85. The van der Waals surface area contributed by atoms with Crippen LogP contribution in [0, 0.1) is 0 Å². The first kappa shape index (κ1) is 16.8. The van der Waals surface area contributed by atoms with Crippen LogP contribution in [0.5, 0.6) is 0 Å². The van der Waals surface area contributed by atoms with Crippen molar-refractivity contribution in [3.8, 4) is 0 Å². The molecule has 0 radical (unpaired) electrons. The van der Waals surface area contributed by atoms with Gasteiger partial charge in [0.1, 0.15) is 5.82 Å². The minimum Gasteiger partial charge on any atom is -0.388 e. The molecule has 0 aliphatic heterocycles. The summed E-state index contributed by atoms with van der Waals surface area (Å²) in [6.07, 6.45) is -1.38. The average Bonchev–Trinajstić information content (AvgIpc) is 2.83. The van der Waals surface area contributed by atoms with E-state index in [1.54, 1.807) is 21.1 Å². The topological polar surface area (TPSA) is 52.5 Å². The van der Waals surface area contributed by atoms with Gasteiger partial charge in [0.05, 0.1) is 5.60 Å². The second-order valence-electron chi connectivity index (χ2n) is 6.09. The molecule has 1 aromatic heterocycles. The first-order valence-electron chi connectivity index (χ1n) is 7.18. The van der Waals surface area contributed by atoms with E-state index in [0.29, 0.717) is 12.8 Å². The SMILES string of the molecule is CN(C)c1cc(C(F)(F)F)nc(N(C)CC2(O)CCCC2)n1. The van der Waals surface area contributed by atoms with Crippen LogP contribution in [0.15, 0.2) is 6.07 Å². The molecule has 1 saturated carbocycles. The normalized spacial score (nSPS) is 17.6. The number of anilines is 2. The van der Waals surface area contributed by atoms with Gasteiger partial charge in [-0.15, -0.1) is 0 Å². The van der Waals surface area contributed by atoms with Gasteiger partial charge < -0.3 is 14.9 Å². The Bertz CT molecular complexity index is 527. The van der Waals surface area contributed by atoms with E-state index in [1.165, 1.54) is 9.80 Å². The Hall–Kier alpha value is -1.57. The molecule has 0 amide bonds. The van der Waals surface area contributed by atoms with E-state index in [1.807, 2.05) is 0 Å². The Morgan fingerprint density at radius 3 is 2.27 bits per heavy atom. The second-order valence-corrected chi connectivity index (χ2v) is 6.09. The van der Waals surface area contributed by atoms with Gasteiger partial charge in [0.15, 0.2) is 5.69 Å². The summed E-state index contributed by atoms with van der Waals surface area (Å²) in [4.78, 5) is 10.8. The molecule has 0 spiro atoms. The molecule has 2 rings (SSSR count). The molecule has 1 aliphatic carbocycles. The first-order valence-corrected chi connectivity index (χ1v) is 7.18. The fourth-order valence-electron chi connectivity index (χ4n) is 2.67. The molecule has 1 fully saturated rings. The maximum atomic E-state index is 13.0. The van der Waals surface area contributed by atoms with Gasteiger partial charge in [-0.2, -0.15) is 18.2 Å². The van der Waals surface area contributed by atoms with E-state index in [0.717, 1.165) is 18.9 Å². The summed E-state index contributed by atoms with van der Waals surface area (Å²) < 4.78 is 38.9. The Morgan fingerprint density at radius 1 is 1.18 bits per heavy atom. The van der Waals surface area contributed by atoms with Crippen LogP contribution in [0.1, 0.15) is 31.4 Å². The Kier molecular flexibility index (Phi) is 4.51. The number of aromatic nitrogens is 2. The third-order valence-electron chi connectivity index (χ3n) is 3.86. The van der Waals surface area contributed by atoms with Gasteiger partial charge in [-0.1, -0.05) is 12.8 Å². The van der Waals surface area contributed by atoms with Crippen LogP contribution in [-0.2, 0) is 6.18 Å². The van der Waals surface area contributed by atoms with Crippen LogP contribution in [0.3, 0.4) is 0 Å². The zero-order chi connectivity index (χ0) is 16.5. The molecule has 1 N–H and O–H groups in total. The van der Waals surface area contributed by atoms with Gasteiger partial charge in [0, 0.05) is 33.8 Å². The van der Waals surface area contributed by atoms with Gasteiger partial charge in [-0.05, 0) is 12.8 Å². The summed E-state index contributed by atoms with van der Waals surface area (Å²) in [6, 6.07) is 0.918. The maximum absolute atomic E-state index is 13.0. The molecule has 8 heteroatoms. The third kappa shape index (κ3) is 3.79. The summed E-state index contributed by atoms with van der Waals surface area (Å²) in [5.74, 6) is 0.154. The van der Waals surface area contributed by atoms with Crippen molar-refractivity contribution in [3.63, 3.8) is 0 Å². The van der Waals surface area contributed by atoms with E-state index in [-0.39, 0.29) is 18.3 Å². The molecule has 1 aliphatic rings. The summed E-state index contributed by atoms with van der Waals surface area (Å²) >= 11 is 0. The monoisotopic (exact) mass is 318 g/mol. The minimum atomic E-state index is -4.53. The maximum Gasteiger partial charge on any atom is 0.433 e. The zero-order valence-corrected chi connectivity index (χ0v) is 13.0. The molecule has 0 bridgehead atoms. The number of alkyl halides is 3. The number of halogens is 3. The number of rotatable bonds is 4. The molecule has 0 aromatic carbocycles. The summed E-state index contributed by atoms with van der Waals surface area (Å²) in [6.45, 7) is 0.223. The highest BCUT2D eigenvalue weighted by Gasteiger charge is 2.36. The molecular formula is C14H21F3N4O. The molecule has 0 saturated heterocycles. The number of aliphatic hydroxyl groups is 1. The van der Waals surface area contributed by atoms with Crippen LogP contribution in [-0.4, -0.2) is 48.4 Å². The fraction of sp³-hybridized carbons (Fsp3) is 0.714. The highest BCUT2D eigenvalue weighted by atomic mass is 19.4. The smallest absolute Gasteiger partial charge is 0.388 e. The third-order valence-corrected chi connectivity index (χ3v) is 3.86. The van der Waals surface area contributed by atoms with Crippen LogP contribution >= 0.6 is 0 Å². The minimum absolute atomic E-state index is 0.0288. The molecule has 124 valence electrons. The first-order chi connectivity index (χ1) is 10.1. The van der Waals surface area contributed by atoms with Crippen molar-refractivity contribution in [1.29, 1.82) is 0 Å². The van der Waals surface area contributed by atoms with Crippen molar-refractivity contribution in [3.05, 3.63) is 11.8 Å². The van der Waals surface area contributed by atoms with E-state index in [4.69, 9.17) is 0 Å². The lowest BCUT2D eigenvalue weighted by Gasteiger charge is -2.29. The van der Waals surface area contributed by atoms with E-state index in [9.17, 15) is 18.3 Å². The molecule has 0 unspecified atom stereocenters. The molecule has 22 heavy (non-hydrogen) atoms. The molecule has 0 atom stereocenters. The summed E-state index contributed by atoms with van der Waals surface area (Å²) in [5, 5.41) is 10.4. The Balaban J connectivity index is 2.30. The number of hydrogen-bond donors (Lipinski definition) is 1. The van der Waals surface area contributed by atoms with Crippen molar-refractivity contribution >= 4 is 11.8 Å². The average molecular weight is 318 g/mol. The zero-order valence-electron chi connectivity index (χ0n) is 13.0. The lowest BCUT2D eigenvalue weighted by Crippen LogP contribution is -2.40. The van der Waals surface area contributed by atoms with Gasteiger partial charge in [0.2, 0.25) is 5.95 Å². The lowest BCUT2D eigenvalue weighted by molar-refractivity contribution is -0.141. The van der Waals surface area contributed by atoms with Gasteiger partial charge in [0.25, 0.3) is 0 Å². The van der Waals surface area contributed by atoms with Crippen LogP contribution in [0.25, 0.3) is 0 Å². The van der Waals surface area contributed by atoms with Gasteiger partial charge >= 0.3 is 6.18 Å². The highest BCUT2D eigenvalue weighted by Crippen LogP contribution is 2.33. The van der Waals surface area contributed by atoms with Crippen molar-refractivity contribution in [2.75, 3.05) is 37.5 Å². The van der Waals surface area contributed by atoms with E-state index < -0.39 is 17.5 Å². The van der Waals surface area contributed by atoms with Crippen LogP contribution < -0.4 is 9.80 Å². The van der Waals surface area contributed by atoms with Crippen LogP contribution in [0.4, 0.5) is 24.9 Å². The second kappa shape index (κ2) is 5.91. The van der Waals surface area contributed by atoms with Crippen LogP contribution in [0.2, 0.25) is 0 Å². The molecule has 1 heterocycles. The Morgan fingerprint density at radius 2 is 1.77 bits per heavy atom. The molecule has 1 aromatic rings. The summed E-state index contributed by atoms with van der Waals surface area (Å²) in [7, 11) is 4.85. The largest absolute Gasteiger partial charge is 0.433 e. The lowest BCUT2D eigenvalue weighted by atomic mass is 10.0. The quantitative estimate of drug-likeness (QED) is 0.923. The van der Waals surface area contributed by atoms with Crippen molar-refractivity contribution in [1.82, 2.24) is 9.97 Å². The Labute approximate surface area is 127 Å². The van der Waals surface area contributed by atoms with Gasteiger partial charge in [-0.3, -0.25) is 0 Å². The van der Waals surface area contributed by atoms with Crippen molar-refractivity contribution in [2.24, 2.45) is 0 Å². The predicted molar refractivity (Wildman–Crippen MR) is 78.0 cm³/mol. The fourth-order valence-corrected chi connectivity index (χ4v) is 2.67. The predicted octanol–water partition coefficient (Wildman–Crippen LogP) is 2.30. The van der Waals surface area contributed by atoms with Crippen molar-refractivity contribution < 1.29 is 18.3 Å². The molecule has 5 nitrogen and oxygen atoms in total.